The molecule has 2 aliphatic rings. The molecule has 1 aliphatic carbocycles. The fraction of sp³-hybridized carbons (Fsp3) is 0.500. The SMILES string of the molecule is CC1CCC(NC(=O)C2CCCN(c3cc(-c4ccc5c(N)n[nH]c5c4)nc(N)n3)C2)CC1. The first-order valence-electron chi connectivity index (χ1n) is 11.9. The maximum absolute atomic E-state index is 13.0. The summed E-state index contributed by atoms with van der Waals surface area (Å²) in [5.74, 6) is 2.35. The number of aromatic nitrogens is 4. The Morgan fingerprint density at radius 3 is 2.76 bits per heavy atom. The second-order valence-corrected chi connectivity index (χ2v) is 9.59. The van der Waals surface area contributed by atoms with E-state index in [0.29, 0.717) is 18.4 Å². The Morgan fingerprint density at radius 2 is 1.94 bits per heavy atom. The van der Waals surface area contributed by atoms with Crippen LogP contribution in [-0.4, -0.2) is 45.2 Å². The lowest BCUT2D eigenvalue weighted by molar-refractivity contribution is -0.126. The molecule has 1 saturated carbocycles. The number of nitrogens with one attached hydrogen (secondary N) is 2. The Hall–Kier alpha value is -3.36. The lowest BCUT2D eigenvalue weighted by atomic mass is 9.87. The Kier molecular flexibility index (Phi) is 5.78. The van der Waals surface area contributed by atoms with E-state index in [4.69, 9.17) is 11.5 Å². The summed E-state index contributed by atoms with van der Waals surface area (Å²) in [4.78, 5) is 24.1. The zero-order chi connectivity index (χ0) is 22.9. The van der Waals surface area contributed by atoms with Gasteiger partial charge in [-0.3, -0.25) is 9.89 Å². The van der Waals surface area contributed by atoms with Crippen LogP contribution in [0.15, 0.2) is 24.3 Å². The number of aromatic amines is 1. The summed E-state index contributed by atoms with van der Waals surface area (Å²) in [6.45, 7) is 3.78. The van der Waals surface area contributed by atoms with Crippen molar-refractivity contribution in [1.29, 1.82) is 0 Å². The number of rotatable bonds is 4. The molecular formula is C24H32N8O. The summed E-state index contributed by atoms with van der Waals surface area (Å²) >= 11 is 0. The number of H-pyrrole nitrogens is 1. The number of amides is 1. The molecule has 1 atom stereocenters. The number of hydrogen-bond donors (Lipinski definition) is 4. The molecule has 0 spiro atoms. The number of carbonyl (C=O) groups is 1. The molecule has 0 bridgehead atoms. The molecule has 2 fully saturated rings. The summed E-state index contributed by atoms with van der Waals surface area (Å²) in [6, 6.07) is 8.10. The number of fused-ring (bicyclic) bond motifs is 1. The molecule has 1 unspecified atom stereocenters. The summed E-state index contributed by atoms with van der Waals surface area (Å²) in [6.07, 6.45) is 6.40. The van der Waals surface area contributed by atoms with Crippen LogP contribution in [0.5, 0.6) is 0 Å². The fourth-order valence-electron chi connectivity index (χ4n) is 5.09. The normalized spacial score (nSPS) is 23.5. The zero-order valence-corrected chi connectivity index (χ0v) is 19.1. The molecule has 1 amide bonds. The van der Waals surface area contributed by atoms with Crippen LogP contribution in [0.3, 0.4) is 0 Å². The molecule has 1 aliphatic heterocycles. The molecule has 1 saturated heterocycles. The van der Waals surface area contributed by atoms with Gasteiger partial charge in [0, 0.05) is 36.1 Å². The van der Waals surface area contributed by atoms with Gasteiger partial charge in [0.25, 0.3) is 0 Å². The van der Waals surface area contributed by atoms with E-state index in [-0.39, 0.29) is 17.8 Å². The minimum atomic E-state index is -0.0398. The van der Waals surface area contributed by atoms with E-state index in [1.54, 1.807) is 0 Å². The number of benzene rings is 1. The first-order valence-corrected chi connectivity index (χ1v) is 11.9. The van der Waals surface area contributed by atoms with E-state index in [1.807, 2.05) is 24.3 Å². The first-order chi connectivity index (χ1) is 16.0. The van der Waals surface area contributed by atoms with Crippen molar-refractivity contribution in [3.63, 3.8) is 0 Å². The van der Waals surface area contributed by atoms with Crippen LogP contribution in [0.4, 0.5) is 17.6 Å². The van der Waals surface area contributed by atoms with Crippen molar-refractivity contribution in [2.24, 2.45) is 11.8 Å². The van der Waals surface area contributed by atoms with E-state index in [9.17, 15) is 4.79 Å². The Bertz CT molecular complexity index is 1150. The van der Waals surface area contributed by atoms with Gasteiger partial charge in [-0.05, 0) is 56.6 Å². The minimum Gasteiger partial charge on any atom is -0.382 e. The highest BCUT2D eigenvalue weighted by Gasteiger charge is 2.29. The van der Waals surface area contributed by atoms with Crippen LogP contribution in [-0.2, 0) is 4.79 Å². The van der Waals surface area contributed by atoms with Crippen molar-refractivity contribution in [2.45, 2.75) is 51.5 Å². The third kappa shape index (κ3) is 4.58. The standard InChI is InChI=1S/C24H32N8O/c1-14-4-7-17(8-5-14)27-23(33)16-3-2-10-32(13-16)21-12-19(28-24(26)29-21)15-6-9-18-20(11-15)30-31-22(18)25/h6,9,11-12,14,16-17H,2-5,7-8,10,13H2,1H3,(H,27,33)(H3,25,30,31)(H2,26,28,29). The van der Waals surface area contributed by atoms with Gasteiger partial charge >= 0.3 is 0 Å². The van der Waals surface area contributed by atoms with Crippen LogP contribution in [0.2, 0.25) is 0 Å². The third-order valence-electron chi connectivity index (χ3n) is 7.10. The Labute approximate surface area is 193 Å². The summed E-state index contributed by atoms with van der Waals surface area (Å²) < 4.78 is 0. The first kappa shape index (κ1) is 21.5. The predicted octanol–water partition coefficient (Wildman–Crippen LogP) is 3.10. The van der Waals surface area contributed by atoms with Crippen molar-refractivity contribution in [3.8, 4) is 11.3 Å². The van der Waals surface area contributed by atoms with Crippen LogP contribution >= 0.6 is 0 Å². The largest absolute Gasteiger partial charge is 0.382 e. The number of hydrogen-bond acceptors (Lipinski definition) is 7. The topological polar surface area (TPSA) is 139 Å². The van der Waals surface area contributed by atoms with E-state index in [2.05, 4.69) is 37.3 Å². The average Bonchev–Trinajstić information content (AvgIpc) is 3.20. The summed E-state index contributed by atoms with van der Waals surface area (Å²) in [5.41, 5.74) is 14.4. The Balaban J connectivity index is 1.32. The Morgan fingerprint density at radius 1 is 1.12 bits per heavy atom. The molecule has 5 rings (SSSR count). The maximum Gasteiger partial charge on any atom is 0.225 e. The maximum atomic E-state index is 13.0. The van der Waals surface area contributed by atoms with Gasteiger partial charge in [0.1, 0.15) is 5.82 Å². The third-order valence-corrected chi connectivity index (χ3v) is 7.10. The predicted molar refractivity (Wildman–Crippen MR) is 130 cm³/mol. The molecule has 33 heavy (non-hydrogen) atoms. The summed E-state index contributed by atoms with van der Waals surface area (Å²) in [5, 5.41) is 11.2. The van der Waals surface area contributed by atoms with Gasteiger partial charge in [-0.15, -0.1) is 0 Å². The van der Waals surface area contributed by atoms with E-state index in [0.717, 1.165) is 66.1 Å². The number of carbonyl (C=O) groups excluding carboxylic acids is 1. The van der Waals surface area contributed by atoms with Crippen LogP contribution in [0.25, 0.3) is 22.2 Å². The molecule has 3 heterocycles. The lowest BCUT2D eigenvalue weighted by Gasteiger charge is -2.34. The minimum absolute atomic E-state index is 0.0398. The van der Waals surface area contributed by atoms with E-state index in [1.165, 1.54) is 12.8 Å². The van der Waals surface area contributed by atoms with Crippen LogP contribution in [0, 0.1) is 11.8 Å². The molecular weight excluding hydrogens is 416 g/mol. The number of nitrogens with zero attached hydrogens (tertiary/aromatic N) is 4. The van der Waals surface area contributed by atoms with Crippen molar-refractivity contribution in [1.82, 2.24) is 25.5 Å². The number of nitrogens with two attached hydrogens (primary N) is 2. The van der Waals surface area contributed by atoms with Crippen molar-refractivity contribution >= 4 is 34.4 Å². The van der Waals surface area contributed by atoms with Gasteiger partial charge in [0.2, 0.25) is 11.9 Å². The van der Waals surface area contributed by atoms with E-state index >= 15 is 0 Å². The van der Waals surface area contributed by atoms with Crippen molar-refractivity contribution < 1.29 is 4.79 Å². The van der Waals surface area contributed by atoms with Gasteiger partial charge < -0.3 is 21.7 Å². The van der Waals surface area contributed by atoms with Gasteiger partial charge in [-0.1, -0.05) is 13.0 Å². The number of piperidine rings is 1. The second kappa shape index (κ2) is 8.88. The smallest absolute Gasteiger partial charge is 0.225 e. The number of anilines is 3. The monoisotopic (exact) mass is 448 g/mol. The van der Waals surface area contributed by atoms with Crippen LogP contribution in [0.1, 0.15) is 45.4 Å². The molecule has 1 aromatic carbocycles. The highest BCUT2D eigenvalue weighted by atomic mass is 16.2. The van der Waals surface area contributed by atoms with Gasteiger partial charge in [0.15, 0.2) is 5.82 Å². The van der Waals surface area contributed by atoms with Crippen molar-refractivity contribution in [2.75, 3.05) is 29.5 Å². The molecule has 9 heteroatoms. The average molecular weight is 449 g/mol. The van der Waals surface area contributed by atoms with E-state index < -0.39 is 0 Å². The molecule has 0 radical (unpaired) electrons. The molecule has 3 aromatic rings. The van der Waals surface area contributed by atoms with Gasteiger partial charge in [0.05, 0.1) is 17.1 Å². The fourth-order valence-corrected chi connectivity index (χ4v) is 5.09. The zero-order valence-electron chi connectivity index (χ0n) is 19.1. The van der Waals surface area contributed by atoms with Gasteiger partial charge in [-0.25, -0.2) is 4.98 Å². The lowest BCUT2D eigenvalue weighted by Crippen LogP contribution is -2.47. The second-order valence-electron chi connectivity index (χ2n) is 9.59. The van der Waals surface area contributed by atoms with Crippen molar-refractivity contribution in [3.05, 3.63) is 24.3 Å². The highest BCUT2D eigenvalue weighted by Crippen LogP contribution is 2.30. The molecule has 9 nitrogen and oxygen atoms in total. The summed E-state index contributed by atoms with van der Waals surface area (Å²) in [7, 11) is 0. The number of nitrogen functional groups attached to an aromatic ring is 2. The van der Waals surface area contributed by atoms with Crippen LogP contribution < -0.4 is 21.7 Å². The molecule has 2 aromatic heterocycles. The van der Waals surface area contributed by atoms with Gasteiger partial charge in [-0.2, -0.15) is 10.1 Å². The highest BCUT2D eigenvalue weighted by molar-refractivity contribution is 5.91. The molecule has 6 N–H and O–H groups in total. The molecule has 174 valence electrons. The quantitative estimate of drug-likeness (QED) is 0.481.